The Labute approximate surface area is 253 Å². The van der Waals surface area contributed by atoms with Crippen LogP contribution in [0.4, 0.5) is 10.5 Å². The zero-order valence-electron chi connectivity index (χ0n) is 22.3. The summed E-state index contributed by atoms with van der Waals surface area (Å²) in [5.41, 5.74) is 0.899. The van der Waals surface area contributed by atoms with Gasteiger partial charge in [-0.1, -0.05) is 67.7 Å². The smallest absolute Gasteiger partial charge is 0.411 e. The highest BCUT2D eigenvalue weighted by atomic mass is 79.9. The minimum absolute atomic E-state index is 0.0457. The van der Waals surface area contributed by atoms with Crippen LogP contribution in [0, 0.1) is 17.0 Å². The predicted molar refractivity (Wildman–Crippen MR) is 158 cm³/mol. The fraction of sp³-hybridized carbons (Fsp3) is 0.407. The first-order valence-corrected chi connectivity index (χ1v) is 14.7. The number of benzene rings is 2. The van der Waals surface area contributed by atoms with Gasteiger partial charge in [-0.2, -0.15) is 0 Å². The minimum Gasteiger partial charge on any atom is -0.480 e. The van der Waals surface area contributed by atoms with E-state index >= 15 is 0 Å². The normalized spacial score (nSPS) is 14.7. The molecular weight excluding hydrogens is 676 g/mol. The second-order valence-electron chi connectivity index (χ2n) is 9.87. The molecule has 0 radical (unpaired) electrons. The lowest BCUT2D eigenvalue weighted by Crippen LogP contribution is -2.43. The first-order chi connectivity index (χ1) is 18.6. The molecule has 0 aliphatic carbocycles. The monoisotopic (exact) mass is 702 g/mol. The molecule has 40 heavy (non-hydrogen) atoms. The Balaban J connectivity index is 0.000000319. The number of hydrogen-bond acceptors (Lipinski definition) is 7. The van der Waals surface area contributed by atoms with Crippen molar-refractivity contribution in [2.75, 3.05) is 17.2 Å². The first kappa shape index (κ1) is 33.4. The molecule has 1 fully saturated rings. The van der Waals surface area contributed by atoms with E-state index in [1.165, 1.54) is 17.9 Å². The minimum atomic E-state index is -0.960. The van der Waals surface area contributed by atoms with Crippen LogP contribution < -0.4 is 0 Å². The molecule has 1 N–H and O–H groups in total. The van der Waals surface area contributed by atoms with Crippen molar-refractivity contribution in [3.05, 3.63) is 62.2 Å². The van der Waals surface area contributed by atoms with Crippen molar-refractivity contribution in [2.24, 2.45) is 0 Å². The molecule has 1 saturated heterocycles. The van der Waals surface area contributed by atoms with Gasteiger partial charge in [-0.15, -0.1) is 0 Å². The zero-order valence-corrected chi connectivity index (χ0v) is 26.3. The fourth-order valence-electron chi connectivity index (χ4n) is 4.06. The van der Waals surface area contributed by atoms with E-state index in [2.05, 4.69) is 31.9 Å². The summed E-state index contributed by atoms with van der Waals surface area (Å²) >= 11 is 12.4. The van der Waals surface area contributed by atoms with Crippen molar-refractivity contribution in [3.63, 3.8) is 0 Å². The summed E-state index contributed by atoms with van der Waals surface area (Å²) in [6.45, 7) is 7.27. The average Bonchev–Trinajstić information content (AvgIpc) is 3.39. The third-order valence-corrected chi connectivity index (χ3v) is 7.21. The third kappa shape index (κ3) is 8.34. The molecule has 2 aromatic rings. The quantitative estimate of drug-likeness (QED) is 0.143. The summed E-state index contributed by atoms with van der Waals surface area (Å²) < 4.78 is 5.13. The maximum atomic E-state index is 12.0. The number of Topliss-reactive ketones (excluding diaryl/α,β-unsaturated/α-hetero) is 2. The maximum Gasteiger partial charge on any atom is 0.411 e. The highest BCUT2D eigenvalue weighted by Gasteiger charge is 2.36. The number of ether oxygens (including phenoxy) is 1. The van der Waals surface area contributed by atoms with Crippen molar-refractivity contribution >= 4 is 72.8 Å². The lowest BCUT2D eigenvalue weighted by molar-refractivity contribution is -0.384. The van der Waals surface area contributed by atoms with Gasteiger partial charge < -0.3 is 9.84 Å². The number of rotatable bonds is 7. The lowest BCUT2D eigenvalue weighted by atomic mass is 9.94. The number of likely N-dealkylation sites (tertiary alicyclic amines) is 1. The van der Waals surface area contributed by atoms with E-state index in [-0.39, 0.29) is 49.6 Å². The number of alkyl halides is 2. The van der Waals surface area contributed by atoms with Crippen LogP contribution in [0.25, 0.3) is 11.1 Å². The van der Waals surface area contributed by atoms with E-state index in [1.807, 2.05) is 0 Å². The second kappa shape index (κ2) is 14.2. The number of aliphatic carboxylic acids is 1. The molecule has 1 aliphatic rings. The summed E-state index contributed by atoms with van der Waals surface area (Å²) in [5.74, 6) is -1.34. The van der Waals surface area contributed by atoms with Gasteiger partial charge in [0.2, 0.25) is 0 Å². The summed E-state index contributed by atoms with van der Waals surface area (Å²) in [7, 11) is 0. The van der Waals surface area contributed by atoms with E-state index in [1.54, 1.807) is 45.0 Å². The maximum absolute atomic E-state index is 12.0. The van der Waals surface area contributed by atoms with Gasteiger partial charge in [0, 0.05) is 23.2 Å². The van der Waals surface area contributed by atoms with Crippen LogP contribution in [0.5, 0.6) is 0 Å². The Morgan fingerprint density at radius 1 is 1.12 bits per heavy atom. The van der Waals surface area contributed by atoms with Gasteiger partial charge in [0.05, 0.1) is 26.2 Å². The molecule has 0 aromatic heterocycles. The molecule has 3 rings (SSSR count). The van der Waals surface area contributed by atoms with E-state index in [0.717, 1.165) is 6.42 Å². The van der Waals surface area contributed by atoms with Crippen molar-refractivity contribution in [3.8, 4) is 11.1 Å². The lowest BCUT2D eigenvalue weighted by Gasteiger charge is -2.26. The number of carboxylic acid groups (broad SMARTS) is 1. The number of amides is 1. The number of carbonyl (C=O) groups is 4. The molecule has 1 atom stereocenters. The van der Waals surface area contributed by atoms with Crippen LogP contribution in [0.15, 0.2) is 30.3 Å². The SMILES string of the molecule is CC(C)(C)OC(=O)N1CCC[C@H]1C(=O)O.Cc1c(C(=O)CBr)cc(Cl)c(-c2ccc(C(=O)CBr)cc2)c1[N+](=O)[O-]. The van der Waals surface area contributed by atoms with Crippen LogP contribution in [-0.2, 0) is 9.53 Å². The molecular formula is C27H29Br2ClN2O8. The Bertz CT molecular complexity index is 1310. The molecule has 0 spiro atoms. The van der Waals surface area contributed by atoms with Crippen molar-refractivity contribution < 1.29 is 33.9 Å². The zero-order chi connectivity index (χ0) is 30.4. The number of nitrogens with zero attached hydrogens (tertiary/aromatic N) is 2. The summed E-state index contributed by atoms with van der Waals surface area (Å²) in [6, 6.07) is 7.11. The number of hydrogen-bond donors (Lipinski definition) is 1. The van der Waals surface area contributed by atoms with Gasteiger partial charge in [-0.05, 0) is 52.2 Å². The average molecular weight is 705 g/mol. The molecule has 13 heteroatoms. The highest BCUT2D eigenvalue weighted by Crippen LogP contribution is 2.40. The molecule has 10 nitrogen and oxygen atoms in total. The van der Waals surface area contributed by atoms with E-state index in [4.69, 9.17) is 21.4 Å². The van der Waals surface area contributed by atoms with Gasteiger partial charge in [0.15, 0.2) is 11.6 Å². The summed E-state index contributed by atoms with van der Waals surface area (Å²) in [6.07, 6.45) is 0.692. The number of carboxylic acids is 1. The van der Waals surface area contributed by atoms with Gasteiger partial charge in [-0.25, -0.2) is 9.59 Å². The predicted octanol–water partition coefficient (Wildman–Crippen LogP) is 6.85. The molecule has 1 heterocycles. The molecule has 1 aliphatic heterocycles. The highest BCUT2D eigenvalue weighted by molar-refractivity contribution is 9.09. The Hall–Kier alpha value is -2.83. The Morgan fingerprint density at radius 2 is 1.70 bits per heavy atom. The van der Waals surface area contributed by atoms with Crippen LogP contribution >= 0.6 is 43.5 Å². The Morgan fingerprint density at radius 3 is 2.17 bits per heavy atom. The van der Waals surface area contributed by atoms with Crippen LogP contribution in [0.2, 0.25) is 5.02 Å². The molecule has 2 aromatic carbocycles. The molecule has 216 valence electrons. The Kier molecular flexibility index (Phi) is 11.8. The van der Waals surface area contributed by atoms with Crippen LogP contribution in [0.3, 0.4) is 0 Å². The standard InChI is InChI=1S/C17H12Br2ClNO4.C10H17NO4/c1-9-12(15(23)8-19)6-13(20)16(17(9)21(24)25)11-4-2-10(3-5-11)14(22)7-18;1-10(2,3)15-9(14)11-6-4-5-7(11)8(12)13/h2-6H,7-8H2,1H3;7H,4-6H2,1-3H3,(H,12,13)/t;7-/m.0/s1. The van der Waals surface area contributed by atoms with Crippen LogP contribution in [-0.4, -0.2) is 67.4 Å². The van der Waals surface area contributed by atoms with Crippen LogP contribution in [0.1, 0.15) is 59.9 Å². The van der Waals surface area contributed by atoms with Crippen molar-refractivity contribution in [1.29, 1.82) is 0 Å². The fourth-order valence-corrected chi connectivity index (χ4v) is 5.00. The van der Waals surface area contributed by atoms with Gasteiger partial charge in [0.1, 0.15) is 11.6 Å². The van der Waals surface area contributed by atoms with Gasteiger partial charge in [-0.3, -0.25) is 24.6 Å². The number of halogens is 3. The third-order valence-electron chi connectivity index (χ3n) is 5.89. The van der Waals surface area contributed by atoms with E-state index in [9.17, 15) is 29.3 Å². The molecule has 1 amide bonds. The van der Waals surface area contributed by atoms with Gasteiger partial charge >= 0.3 is 12.1 Å². The largest absolute Gasteiger partial charge is 0.480 e. The first-order valence-electron chi connectivity index (χ1n) is 12.1. The van der Waals surface area contributed by atoms with E-state index in [0.29, 0.717) is 24.1 Å². The number of ketones is 2. The number of nitro benzene ring substituents is 1. The molecule has 0 saturated carbocycles. The number of carbonyl (C=O) groups excluding carboxylic acids is 3. The molecule has 0 unspecified atom stereocenters. The van der Waals surface area contributed by atoms with E-state index < -0.39 is 28.6 Å². The topological polar surface area (TPSA) is 144 Å². The van der Waals surface area contributed by atoms with Crippen molar-refractivity contribution in [2.45, 2.75) is 52.2 Å². The summed E-state index contributed by atoms with van der Waals surface area (Å²) in [5, 5.41) is 20.8. The van der Waals surface area contributed by atoms with Crippen molar-refractivity contribution in [1.82, 2.24) is 4.90 Å². The number of nitro groups is 1. The summed E-state index contributed by atoms with van der Waals surface area (Å²) in [4.78, 5) is 58.5. The second-order valence-corrected chi connectivity index (χ2v) is 11.4. The van der Waals surface area contributed by atoms with Gasteiger partial charge in [0.25, 0.3) is 5.69 Å². The molecule has 0 bridgehead atoms.